The van der Waals surface area contributed by atoms with E-state index in [4.69, 9.17) is 14.2 Å². The maximum absolute atomic E-state index is 10.9. The normalized spacial score (nSPS) is 17.2. The summed E-state index contributed by atoms with van der Waals surface area (Å²) < 4.78 is 14.6. The van der Waals surface area contributed by atoms with Gasteiger partial charge in [-0.1, -0.05) is 0 Å². The summed E-state index contributed by atoms with van der Waals surface area (Å²) in [5.74, 6) is 0. The topological polar surface area (TPSA) is 48.0 Å². The maximum Gasteiger partial charge on any atom is 0.410 e. The molecule has 1 aliphatic rings. The van der Waals surface area contributed by atoms with Gasteiger partial charge in [-0.2, -0.15) is 0 Å². The summed E-state index contributed by atoms with van der Waals surface area (Å²) in [6.07, 6.45) is -0.662. The third kappa shape index (κ3) is 2.09. The molecule has 0 aliphatic carbocycles. The summed E-state index contributed by atoms with van der Waals surface area (Å²) in [4.78, 5) is 12.5. The van der Waals surface area contributed by atoms with Gasteiger partial charge < -0.3 is 14.2 Å². The van der Waals surface area contributed by atoms with Crippen molar-refractivity contribution in [3.8, 4) is 0 Å². The van der Waals surface area contributed by atoms with Crippen LogP contribution >= 0.6 is 0 Å². The largest absolute Gasteiger partial charge is 0.448 e. The van der Waals surface area contributed by atoms with Crippen LogP contribution in [0, 0.1) is 0 Å². The molecule has 5 nitrogen and oxygen atoms in total. The molecule has 0 radical (unpaired) electrons. The van der Waals surface area contributed by atoms with Crippen molar-refractivity contribution in [2.24, 2.45) is 0 Å². The van der Waals surface area contributed by atoms with Gasteiger partial charge in [0, 0.05) is 14.2 Å². The van der Waals surface area contributed by atoms with Crippen molar-refractivity contribution in [1.29, 1.82) is 0 Å². The molecular weight excluding hydrogens is 162 g/mol. The van der Waals surface area contributed by atoms with E-state index < -0.39 is 0 Å². The van der Waals surface area contributed by atoms with Crippen molar-refractivity contribution >= 4 is 6.09 Å². The summed E-state index contributed by atoms with van der Waals surface area (Å²) in [6.45, 7) is 1.49. The number of nitrogens with zero attached hydrogens (tertiary/aromatic N) is 1. The molecule has 1 amide bonds. The second-order valence-corrected chi connectivity index (χ2v) is 2.46. The number of hydrogen-bond donors (Lipinski definition) is 0. The van der Waals surface area contributed by atoms with Crippen LogP contribution in [-0.2, 0) is 14.2 Å². The van der Waals surface area contributed by atoms with Gasteiger partial charge in [0.25, 0.3) is 0 Å². The number of hydrogen-bond acceptors (Lipinski definition) is 4. The lowest BCUT2D eigenvalue weighted by atomic mass is 10.5. The lowest BCUT2D eigenvalue weighted by Crippen LogP contribution is -2.35. The number of amides is 1. The van der Waals surface area contributed by atoms with Crippen molar-refractivity contribution < 1.29 is 19.0 Å². The zero-order valence-corrected chi connectivity index (χ0v) is 7.28. The van der Waals surface area contributed by atoms with Gasteiger partial charge in [-0.15, -0.1) is 0 Å². The fourth-order valence-corrected chi connectivity index (χ4v) is 1.02. The zero-order valence-electron chi connectivity index (χ0n) is 7.28. The first-order chi connectivity index (χ1) is 5.77. The molecule has 1 rings (SSSR count). The lowest BCUT2D eigenvalue weighted by molar-refractivity contribution is -0.110. The van der Waals surface area contributed by atoms with Crippen LogP contribution in [0.1, 0.15) is 0 Å². The van der Waals surface area contributed by atoms with Crippen LogP contribution in [0.3, 0.4) is 0 Å². The Labute approximate surface area is 71.2 Å². The molecule has 1 aliphatic heterocycles. The first-order valence-electron chi connectivity index (χ1n) is 3.75. The predicted molar refractivity (Wildman–Crippen MR) is 40.7 cm³/mol. The average molecular weight is 175 g/mol. The molecule has 0 bridgehead atoms. The summed E-state index contributed by atoms with van der Waals surface area (Å²) in [7, 11) is 3.07. The monoisotopic (exact) mass is 175 g/mol. The minimum absolute atomic E-state index is 0.297. The van der Waals surface area contributed by atoms with Crippen molar-refractivity contribution in [3.63, 3.8) is 0 Å². The van der Waals surface area contributed by atoms with E-state index in [1.165, 1.54) is 14.2 Å². The van der Waals surface area contributed by atoms with E-state index in [1.807, 2.05) is 0 Å². The van der Waals surface area contributed by atoms with Crippen LogP contribution in [0.25, 0.3) is 0 Å². The average Bonchev–Trinajstić information content (AvgIpc) is 2.47. The Morgan fingerprint density at radius 3 is 2.67 bits per heavy atom. The van der Waals surface area contributed by atoms with Gasteiger partial charge in [0.05, 0.1) is 13.1 Å². The molecule has 0 aromatic heterocycles. The number of carbonyl (C=O) groups excluding carboxylic acids is 1. The molecule has 0 saturated carbocycles. The molecule has 12 heavy (non-hydrogen) atoms. The molecule has 0 unspecified atom stereocenters. The number of rotatable bonds is 4. The molecule has 0 aromatic carbocycles. The predicted octanol–water partition coefficient (Wildman–Crippen LogP) is 0.0575. The fraction of sp³-hybridized carbons (Fsp3) is 0.857. The van der Waals surface area contributed by atoms with Crippen molar-refractivity contribution in [1.82, 2.24) is 4.90 Å². The molecule has 0 spiro atoms. The molecule has 70 valence electrons. The molecule has 0 atom stereocenters. The van der Waals surface area contributed by atoms with Crippen LogP contribution < -0.4 is 0 Å². The van der Waals surface area contributed by atoms with E-state index in [2.05, 4.69) is 0 Å². The highest BCUT2D eigenvalue weighted by atomic mass is 16.7. The maximum atomic E-state index is 10.9. The number of carbonyl (C=O) groups is 1. The van der Waals surface area contributed by atoms with E-state index in [0.717, 1.165) is 0 Å². The summed E-state index contributed by atoms with van der Waals surface area (Å²) >= 11 is 0. The second kappa shape index (κ2) is 4.27. The Hall–Kier alpha value is -0.810. The molecule has 1 heterocycles. The van der Waals surface area contributed by atoms with Crippen LogP contribution in [0.5, 0.6) is 0 Å². The van der Waals surface area contributed by atoms with Crippen molar-refractivity contribution in [2.45, 2.75) is 6.29 Å². The number of methoxy groups -OCH3 is 2. The summed E-state index contributed by atoms with van der Waals surface area (Å²) in [5, 5.41) is 0. The third-order valence-electron chi connectivity index (χ3n) is 1.74. The summed E-state index contributed by atoms with van der Waals surface area (Å²) in [5.41, 5.74) is 0. The quantitative estimate of drug-likeness (QED) is 0.567. The van der Waals surface area contributed by atoms with Crippen molar-refractivity contribution in [2.75, 3.05) is 33.9 Å². The Bertz CT molecular complexity index is 157. The second-order valence-electron chi connectivity index (χ2n) is 2.46. The standard InChI is InChI=1S/C7H13NO4/c1-10-6(11-2)5-8-3-4-12-7(8)9/h6H,3-5H2,1-2H3. The van der Waals surface area contributed by atoms with E-state index in [1.54, 1.807) is 4.90 Å². The third-order valence-corrected chi connectivity index (χ3v) is 1.74. The minimum atomic E-state index is -0.365. The molecule has 1 fully saturated rings. The Morgan fingerprint density at radius 1 is 1.58 bits per heavy atom. The Morgan fingerprint density at radius 2 is 2.25 bits per heavy atom. The SMILES string of the molecule is COC(CN1CCOC1=O)OC. The highest BCUT2D eigenvalue weighted by molar-refractivity contribution is 5.69. The van der Waals surface area contributed by atoms with Crippen LogP contribution in [-0.4, -0.2) is 51.2 Å². The zero-order chi connectivity index (χ0) is 8.97. The van der Waals surface area contributed by atoms with Gasteiger partial charge in [0.15, 0.2) is 6.29 Å². The molecule has 0 N–H and O–H groups in total. The minimum Gasteiger partial charge on any atom is -0.448 e. The van der Waals surface area contributed by atoms with E-state index >= 15 is 0 Å². The first kappa shape index (κ1) is 9.28. The van der Waals surface area contributed by atoms with E-state index in [0.29, 0.717) is 19.7 Å². The molecule has 1 saturated heterocycles. The molecule has 5 heteroatoms. The fourth-order valence-electron chi connectivity index (χ4n) is 1.02. The first-order valence-corrected chi connectivity index (χ1v) is 3.75. The van der Waals surface area contributed by atoms with Crippen LogP contribution in [0.15, 0.2) is 0 Å². The highest BCUT2D eigenvalue weighted by Crippen LogP contribution is 2.05. The molecular formula is C7H13NO4. The Kier molecular flexibility index (Phi) is 3.31. The van der Waals surface area contributed by atoms with Crippen molar-refractivity contribution in [3.05, 3.63) is 0 Å². The van der Waals surface area contributed by atoms with Crippen LogP contribution in [0.4, 0.5) is 4.79 Å². The number of ether oxygens (including phenoxy) is 3. The van der Waals surface area contributed by atoms with E-state index in [9.17, 15) is 4.79 Å². The molecule has 0 aromatic rings. The van der Waals surface area contributed by atoms with Gasteiger partial charge in [-0.05, 0) is 0 Å². The Balaban J connectivity index is 2.33. The van der Waals surface area contributed by atoms with Gasteiger partial charge in [-0.25, -0.2) is 4.79 Å². The van der Waals surface area contributed by atoms with Crippen LogP contribution in [0.2, 0.25) is 0 Å². The van der Waals surface area contributed by atoms with Gasteiger partial charge >= 0.3 is 6.09 Å². The van der Waals surface area contributed by atoms with Gasteiger partial charge in [0.1, 0.15) is 6.61 Å². The lowest BCUT2D eigenvalue weighted by Gasteiger charge is -2.18. The number of cyclic esters (lactones) is 1. The van der Waals surface area contributed by atoms with Gasteiger partial charge in [0.2, 0.25) is 0 Å². The summed E-state index contributed by atoms with van der Waals surface area (Å²) in [6, 6.07) is 0. The van der Waals surface area contributed by atoms with Gasteiger partial charge in [-0.3, -0.25) is 4.90 Å². The van der Waals surface area contributed by atoms with E-state index in [-0.39, 0.29) is 12.4 Å². The highest BCUT2D eigenvalue weighted by Gasteiger charge is 2.24. The smallest absolute Gasteiger partial charge is 0.410 e.